The molecule has 0 atom stereocenters. The van der Waals surface area contributed by atoms with Gasteiger partial charge in [0.1, 0.15) is 11.4 Å². The Balaban J connectivity index is 2.49. The van der Waals surface area contributed by atoms with Crippen LogP contribution in [0.4, 0.5) is 5.69 Å². The number of rotatable bonds is 6. The van der Waals surface area contributed by atoms with Crippen LogP contribution in [0.25, 0.3) is 0 Å². The first-order valence-electron chi connectivity index (χ1n) is 6.69. The third kappa shape index (κ3) is 6.19. The molecule has 1 aromatic carbocycles. The zero-order chi connectivity index (χ0) is 15.2. The fourth-order valence-electron chi connectivity index (χ4n) is 1.53. The predicted molar refractivity (Wildman–Crippen MR) is 83.2 cm³/mol. The second-order valence-electron chi connectivity index (χ2n) is 5.32. The molecule has 0 amide bonds. The lowest BCUT2D eigenvalue weighted by molar-refractivity contribution is -0.154. The van der Waals surface area contributed by atoms with Gasteiger partial charge in [0.25, 0.3) is 0 Å². The maximum Gasteiger partial charge on any atom is 0.307 e. The number of nitrogens with two attached hydrogens (primary N) is 1. The van der Waals surface area contributed by atoms with Crippen LogP contribution in [0.1, 0.15) is 34.1 Å². The highest BCUT2D eigenvalue weighted by molar-refractivity contribution is 7.99. The van der Waals surface area contributed by atoms with Crippen LogP contribution in [0, 0.1) is 0 Å². The van der Waals surface area contributed by atoms with E-state index in [1.807, 2.05) is 45.9 Å². The van der Waals surface area contributed by atoms with E-state index in [9.17, 15) is 4.79 Å². The molecule has 0 fully saturated rings. The van der Waals surface area contributed by atoms with Crippen molar-refractivity contribution in [3.63, 3.8) is 0 Å². The maximum absolute atomic E-state index is 11.6. The highest BCUT2D eigenvalue weighted by atomic mass is 32.2. The van der Waals surface area contributed by atoms with Gasteiger partial charge in [-0.15, -0.1) is 11.8 Å². The quantitative estimate of drug-likeness (QED) is 0.495. The van der Waals surface area contributed by atoms with E-state index in [2.05, 4.69) is 0 Å². The van der Waals surface area contributed by atoms with E-state index in [1.165, 1.54) is 11.8 Å². The zero-order valence-corrected chi connectivity index (χ0v) is 13.4. The lowest BCUT2D eigenvalue weighted by Gasteiger charge is -2.19. The molecule has 0 saturated carbocycles. The zero-order valence-electron chi connectivity index (χ0n) is 12.6. The summed E-state index contributed by atoms with van der Waals surface area (Å²) in [5.41, 5.74) is 6.17. The molecule has 1 rings (SSSR count). The number of anilines is 1. The van der Waals surface area contributed by atoms with Gasteiger partial charge in [0, 0.05) is 16.3 Å². The van der Waals surface area contributed by atoms with E-state index < -0.39 is 5.60 Å². The molecule has 0 aliphatic heterocycles. The van der Waals surface area contributed by atoms with Crippen molar-refractivity contribution in [3.8, 4) is 5.75 Å². The molecule has 112 valence electrons. The van der Waals surface area contributed by atoms with Crippen molar-refractivity contribution in [2.75, 3.05) is 18.1 Å². The highest BCUT2D eigenvalue weighted by Gasteiger charge is 2.16. The number of carbonyl (C=O) groups is 1. The molecule has 0 spiro atoms. The molecule has 2 N–H and O–H groups in total. The first-order valence-corrected chi connectivity index (χ1v) is 7.67. The van der Waals surface area contributed by atoms with Gasteiger partial charge >= 0.3 is 5.97 Å². The third-order valence-corrected chi connectivity index (χ3v) is 3.35. The van der Waals surface area contributed by atoms with Gasteiger partial charge in [0.2, 0.25) is 0 Å². The lowest BCUT2D eigenvalue weighted by Crippen LogP contribution is -2.24. The molecule has 1 aromatic rings. The van der Waals surface area contributed by atoms with Crippen LogP contribution in [-0.4, -0.2) is 23.9 Å². The maximum atomic E-state index is 11.6. The van der Waals surface area contributed by atoms with Crippen LogP contribution in [0.3, 0.4) is 0 Å². The highest BCUT2D eigenvalue weighted by Crippen LogP contribution is 2.29. The standard InChI is InChI=1S/C15H23NO3S/c1-5-18-11-6-7-12(16)13(10-11)20-9-8-14(17)19-15(2,3)4/h6-7,10H,5,8-9,16H2,1-4H3. The van der Waals surface area contributed by atoms with Crippen molar-refractivity contribution >= 4 is 23.4 Å². The Kier molecular flexibility index (Phi) is 6.20. The first-order chi connectivity index (χ1) is 9.31. The molecule has 0 unspecified atom stereocenters. The van der Waals surface area contributed by atoms with E-state index >= 15 is 0 Å². The monoisotopic (exact) mass is 297 g/mol. The van der Waals surface area contributed by atoms with Crippen LogP contribution in [0.2, 0.25) is 0 Å². The largest absolute Gasteiger partial charge is 0.494 e. The number of thioether (sulfide) groups is 1. The summed E-state index contributed by atoms with van der Waals surface area (Å²) < 4.78 is 10.7. The Hall–Kier alpha value is -1.36. The minimum atomic E-state index is -0.435. The lowest BCUT2D eigenvalue weighted by atomic mass is 10.2. The Morgan fingerprint density at radius 1 is 1.35 bits per heavy atom. The molecule has 0 radical (unpaired) electrons. The Morgan fingerprint density at radius 3 is 2.65 bits per heavy atom. The minimum absolute atomic E-state index is 0.190. The smallest absolute Gasteiger partial charge is 0.307 e. The Bertz CT molecular complexity index is 455. The topological polar surface area (TPSA) is 61.5 Å². The van der Waals surface area contributed by atoms with Crippen LogP contribution in [-0.2, 0) is 9.53 Å². The molecular weight excluding hydrogens is 274 g/mol. The second-order valence-corrected chi connectivity index (χ2v) is 6.45. The van der Waals surface area contributed by atoms with Gasteiger partial charge in [-0.1, -0.05) is 0 Å². The van der Waals surface area contributed by atoms with E-state index in [4.69, 9.17) is 15.2 Å². The Labute approximate surface area is 125 Å². The van der Waals surface area contributed by atoms with Gasteiger partial charge in [-0.05, 0) is 45.9 Å². The molecule has 5 heteroatoms. The van der Waals surface area contributed by atoms with Gasteiger partial charge in [-0.25, -0.2) is 0 Å². The normalized spacial score (nSPS) is 11.2. The van der Waals surface area contributed by atoms with Crippen molar-refractivity contribution in [3.05, 3.63) is 18.2 Å². The Morgan fingerprint density at radius 2 is 2.05 bits per heavy atom. The van der Waals surface area contributed by atoms with Gasteiger partial charge in [0.05, 0.1) is 13.0 Å². The summed E-state index contributed by atoms with van der Waals surface area (Å²) in [4.78, 5) is 12.5. The fraction of sp³-hybridized carbons (Fsp3) is 0.533. The van der Waals surface area contributed by atoms with Crippen molar-refractivity contribution in [2.24, 2.45) is 0 Å². The minimum Gasteiger partial charge on any atom is -0.494 e. The van der Waals surface area contributed by atoms with Gasteiger partial charge in [-0.2, -0.15) is 0 Å². The van der Waals surface area contributed by atoms with Gasteiger partial charge < -0.3 is 15.2 Å². The summed E-state index contributed by atoms with van der Waals surface area (Å²) in [5, 5.41) is 0. The van der Waals surface area contributed by atoms with Crippen molar-refractivity contribution in [1.29, 1.82) is 0 Å². The van der Waals surface area contributed by atoms with E-state index in [1.54, 1.807) is 0 Å². The fourth-order valence-corrected chi connectivity index (χ4v) is 2.46. The molecule has 20 heavy (non-hydrogen) atoms. The first kappa shape index (κ1) is 16.7. The summed E-state index contributed by atoms with van der Waals surface area (Å²) in [7, 11) is 0. The molecule has 0 aromatic heterocycles. The van der Waals surface area contributed by atoms with Gasteiger partial charge in [-0.3, -0.25) is 4.79 Å². The number of nitrogen functional groups attached to an aromatic ring is 1. The molecular formula is C15H23NO3S. The number of esters is 1. The van der Waals surface area contributed by atoms with Crippen molar-refractivity contribution in [2.45, 2.75) is 44.6 Å². The van der Waals surface area contributed by atoms with Gasteiger partial charge in [0.15, 0.2) is 0 Å². The SMILES string of the molecule is CCOc1ccc(N)c(SCCC(=O)OC(C)(C)C)c1. The van der Waals surface area contributed by atoms with E-state index in [-0.39, 0.29) is 5.97 Å². The number of hydrogen-bond acceptors (Lipinski definition) is 5. The number of carbonyl (C=O) groups excluding carboxylic acids is 1. The molecule has 0 aliphatic rings. The summed E-state index contributed by atoms with van der Waals surface area (Å²) in [6, 6.07) is 5.57. The van der Waals surface area contributed by atoms with Crippen LogP contribution in [0.5, 0.6) is 5.75 Å². The van der Waals surface area contributed by atoms with Crippen LogP contribution < -0.4 is 10.5 Å². The predicted octanol–water partition coefficient (Wildman–Crippen LogP) is 3.49. The van der Waals surface area contributed by atoms with E-state index in [0.29, 0.717) is 24.5 Å². The second kappa shape index (κ2) is 7.43. The summed E-state index contributed by atoms with van der Waals surface area (Å²) >= 11 is 1.54. The molecule has 0 aliphatic carbocycles. The summed E-state index contributed by atoms with van der Waals surface area (Å²) in [5.74, 6) is 1.24. The number of hydrogen-bond donors (Lipinski definition) is 1. The third-order valence-electron chi connectivity index (χ3n) is 2.28. The average Bonchev–Trinajstić information content (AvgIpc) is 2.31. The average molecular weight is 297 g/mol. The summed E-state index contributed by atoms with van der Waals surface area (Å²) in [6.45, 7) is 8.14. The number of benzene rings is 1. The molecule has 0 bridgehead atoms. The van der Waals surface area contributed by atoms with Crippen molar-refractivity contribution < 1.29 is 14.3 Å². The van der Waals surface area contributed by atoms with E-state index in [0.717, 1.165) is 10.6 Å². The van der Waals surface area contributed by atoms with Crippen LogP contribution in [0.15, 0.2) is 23.1 Å². The molecule has 0 saturated heterocycles. The van der Waals surface area contributed by atoms with Crippen molar-refractivity contribution in [1.82, 2.24) is 0 Å². The molecule has 0 heterocycles. The summed E-state index contributed by atoms with van der Waals surface area (Å²) in [6.07, 6.45) is 0.361. The van der Waals surface area contributed by atoms with Crippen LogP contribution >= 0.6 is 11.8 Å². The number of ether oxygens (including phenoxy) is 2. The molecule has 4 nitrogen and oxygen atoms in total.